The van der Waals surface area contributed by atoms with Crippen molar-refractivity contribution in [3.8, 4) is 0 Å². The van der Waals surface area contributed by atoms with E-state index < -0.39 is 11.6 Å². The highest BCUT2D eigenvalue weighted by Crippen LogP contribution is 2.19. The maximum absolute atomic E-state index is 13.7. The summed E-state index contributed by atoms with van der Waals surface area (Å²) in [6, 6.07) is 7.38. The third kappa shape index (κ3) is 2.22. The number of aromatic nitrogens is 3. The van der Waals surface area contributed by atoms with Crippen molar-refractivity contribution in [3.05, 3.63) is 59.4 Å². The van der Waals surface area contributed by atoms with Crippen LogP contribution in [0.3, 0.4) is 0 Å². The van der Waals surface area contributed by atoms with Gasteiger partial charge in [-0.3, -0.25) is 5.41 Å². The van der Waals surface area contributed by atoms with Crippen LogP contribution in [0.2, 0.25) is 0 Å². The fourth-order valence-corrected chi connectivity index (χ4v) is 2.15. The summed E-state index contributed by atoms with van der Waals surface area (Å²) in [4.78, 5) is 4.16. The second kappa shape index (κ2) is 4.93. The van der Waals surface area contributed by atoms with Crippen molar-refractivity contribution < 1.29 is 8.78 Å². The van der Waals surface area contributed by atoms with Gasteiger partial charge >= 0.3 is 0 Å². The zero-order valence-corrected chi connectivity index (χ0v) is 10.8. The number of hydrogen-bond donors (Lipinski definition) is 2. The van der Waals surface area contributed by atoms with E-state index in [9.17, 15) is 8.78 Å². The third-order valence-corrected chi connectivity index (χ3v) is 3.11. The quantitative estimate of drug-likeness (QED) is 0.571. The van der Waals surface area contributed by atoms with Crippen LogP contribution in [0.4, 0.5) is 8.78 Å². The molecule has 7 heteroatoms. The molecule has 0 aliphatic carbocycles. The second-order valence-corrected chi connectivity index (χ2v) is 4.51. The van der Waals surface area contributed by atoms with E-state index in [2.05, 4.69) is 10.1 Å². The fraction of sp³-hybridized carbons (Fsp3) is 0.0714. The summed E-state index contributed by atoms with van der Waals surface area (Å²) < 4.78 is 28.4. The molecule has 21 heavy (non-hydrogen) atoms. The van der Waals surface area contributed by atoms with Gasteiger partial charge in [-0.1, -0.05) is 12.1 Å². The zero-order valence-electron chi connectivity index (χ0n) is 10.8. The smallest absolute Gasteiger partial charge is 0.163 e. The summed E-state index contributed by atoms with van der Waals surface area (Å²) in [6.07, 6.45) is 1.56. The van der Waals surface area contributed by atoms with Crippen LogP contribution in [0.5, 0.6) is 0 Å². The van der Waals surface area contributed by atoms with Crippen LogP contribution >= 0.6 is 0 Å². The van der Waals surface area contributed by atoms with Crippen LogP contribution in [-0.2, 0) is 6.54 Å². The number of amidine groups is 1. The fourth-order valence-electron chi connectivity index (χ4n) is 2.15. The molecular formula is C14H11F2N5. The standard InChI is InChI=1S/C14H11F2N5/c15-10-5-1-3-8(11(10)16)7-21-14-9(4-2-6-19-14)12(20-21)13(17)18/h1-6H,7H2,(H3,17,18). The van der Waals surface area contributed by atoms with E-state index in [4.69, 9.17) is 11.1 Å². The Bertz CT molecular complexity index is 840. The molecule has 0 bridgehead atoms. The Balaban J connectivity index is 2.13. The Hall–Kier alpha value is -2.83. The molecular weight excluding hydrogens is 276 g/mol. The predicted octanol–water partition coefficient (Wildman–Crippen LogP) is 2.04. The van der Waals surface area contributed by atoms with Gasteiger partial charge < -0.3 is 5.73 Å². The SMILES string of the molecule is N=C(N)c1nn(Cc2cccc(F)c2F)c2ncccc12. The molecule has 0 unspecified atom stereocenters. The van der Waals surface area contributed by atoms with Gasteiger partial charge in [-0.25, -0.2) is 18.4 Å². The average Bonchev–Trinajstić information content (AvgIpc) is 2.83. The molecule has 5 nitrogen and oxygen atoms in total. The van der Waals surface area contributed by atoms with E-state index in [-0.39, 0.29) is 23.6 Å². The molecule has 0 saturated heterocycles. The summed E-state index contributed by atoms with van der Waals surface area (Å²) in [6.45, 7) is 0.00435. The lowest BCUT2D eigenvalue weighted by Crippen LogP contribution is -2.13. The Kier molecular flexibility index (Phi) is 3.09. The summed E-state index contributed by atoms with van der Waals surface area (Å²) in [5.41, 5.74) is 6.38. The molecule has 0 spiro atoms. The molecule has 3 N–H and O–H groups in total. The molecule has 3 rings (SSSR count). The molecule has 2 heterocycles. The molecule has 0 amide bonds. The van der Waals surface area contributed by atoms with E-state index in [1.165, 1.54) is 16.8 Å². The molecule has 0 fully saturated rings. The Morgan fingerprint density at radius 3 is 2.81 bits per heavy atom. The number of nitrogens with zero attached hydrogens (tertiary/aromatic N) is 3. The number of rotatable bonds is 3. The Morgan fingerprint density at radius 2 is 2.05 bits per heavy atom. The first-order chi connectivity index (χ1) is 10.1. The van der Waals surface area contributed by atoms with Crippen molar-refractivity contribution in [1.29, 1.82) is 5.41 Å². The zero-order chi connectivity index (χ0) is 15.0. The molecule has 1 aromatic carbocycles. The van der Waals surface area contributed by atoms with Gasteiger partial charge in [0.2, 0.25) is 0 Å². The predicted molar refractivity (Wildman–Crippen MR) is 74.0 cm³/mol. The van der Waals surface area contributed by atoms with Gasteiger partial charge in [-0.05, 0) is 18.2 Å². The number of halogens is 2. The van der Waals surface area contributed by atoms with Crippen LogP contribution in [0.25, 0.3) is 11.0 Å². The highest BCUT2D eigenvalue weighted by molar-refractivity contribution is 6.04. The van der Waals surface area contributed by atoms with Gasteiger partial charge in [-0.15, -0.1) is 0 Å². The van der Waals surface area contributed by atoms with E-state index in [0.29, 0.717) is 11.0 Å². The third-order valence-electron chi connectivity index (χ3n) is 3.11. The minimum Gasteiger partial charge on any atom is -0.382 e. The largest absolute Gasteiger partial charge is 0.382 e. The molecule has 0 atom stereocenters. The minimum atomic E-state index is -0.915. The molecule has 0 saturated carbocycles. The minimum absolute atomic E-state index is 0.00435. The lowest BCUT2D eigenvalue weighted by Gasteiger charge is -2.05. The number of hydrogen-bond acceptors (Lipinski definition) is 3. The van der Waals surface area contributed by atoms with Crippen molar-refractivity contribution >= 4 is 16.9 Å². The maximum Gasteiger partial charge on any atom is 0.163 e. The monoisotopic (exact) mass is 287 g/mol. The molecule has 0 aliphatic heterocycles. The second-order valence-electron chi connectivity index (χ2n) is 4.51. The van der Waals surface area contributed by atoms with Gasteiger partial charge in [-0.2, -0.15) is 5.10 Å². The number of nitrogens with one attached hydrogen (secondary N) is 1. The summed E-state index contributed by atoms with van der Waals surface area (Å²) in [5, 5.41) is 12.3. The Morgan fingerprint density at radius 1 is 1.24 bits per heavy atom. The van der Waals surface area contributed by atoms with Crippen LogP contribution in [-0.4, -0.2) is 20.6 Å². The van der Waals surface area contributed by atoms with Crippen molar-refractivity contribution in [2.45, 2.75) is 6.54 Å². The Labute approximate surface area is 118 Å². The molecule has 0 aliphatic rings. The van der Waals surface area contributed by atoms with Gasteiger partial charge in [0.1, 0.15) is 11.5 Å². The summed E-state index contributed by atoms with van der Waals surface area (Å²) in [5.74, 6) is -2.03. The lowest BCUT2D eigenvalue weighted by molar-refractivity contribution is 0.493. The van der Waals surface area contributed by atoms with Crippen LogP contribution in [0.15, 0.2) is 36.5 Å². The van der Waals surface area contributed by atoms with Crippen LogP contribution < -0.4 is 5.73 Å². The average molecular weight is 287 g/mol. The number of pyridine rings is 1. The van der Waals surface area contributed by atoms with Crippen molar-refractivity contribution in [2.24, 2.45) is 5.73 Å². The lowest BCUT2D eigenvalue weighted by atomic mass is 10.2. The van der Waals surface area contributed by atoms with E-state index >= 15 is 0 Å². The summed E-state index contributed by atoms with van der Waals surface area (Å²) >= 11 is 0. The molecule has 0 radical (unpaired) electrons. The van der Waals surface area contributed by atoms with Gasteiger partial charge in [0.15, 0.2) is 17.3 Å². The first-order valence-electron chi connectivity index (χ1n) is 6.16. The molecule has 2 aromatic heterocycles. The highest BCUT2D eigenvalue weighted by atomic mass is 19.2. The summed E-state index contributed by atoms with van der Waals surface area (Å²) in [7, 11) is 0. The normalized spacial score (nSPS) is 11.0. The molecule has 3 aromatic rings. The first-order valence-corrected chi connectivity index (χ1v) is 6.16. The van der Waals surface area contributed by atoms with Gasteiger partial charge in [0.05, 0.1) is 11.9 Å². The van der Waals surface area contributed by atoms with Gasteiger partial charge in [0, 0.05) is 11.8 Å². The first kappa shape index (κ1) is 13.2. The highest BCUT2D eigenvalue weighted by Gasteiger charge is 2.15. The van der Waals surface area contributed by atoms with E-state index in [0.717, 1.165) is 6.07 Å². The van der Waals surface area contributed by atoms with Crippen molar-refractivity contribution in [3.63, 3.8) is 0 Å². The van der Waals surface area contributed by atoms with Crippen molar-refractivity contribution in [1.82, 2.24) is 14.8 Å². The number of nitrogens with two attached hydrogens (primary N) is 1. The maximum atomic E-state index is 13.7. The van der Waals surface area contributed by atoms with E-state index in [1.54, 1.807) is 18.3 Å². The van der Waals surface area contributed by atoms with Gasteiger partial charge in [0.25, 0.3) is 0 Å². The van der Waals surface area contributed by atoms with Crippen molar-refractivity contribution in [2.75, 3.05) is 0 Å². The molecule has 106 valence electrons. The van der Waals surface area contributed by atoms with Crippen LogP contribution in [0, 0.1) is 17.0 Å². The number of nitrogen functional groups attached to an aromatic ring is 1. The van der Waals surface area contributed by atoms with E-state index in [1.807, 2.05) is 0 Å². The van der Waals surface area contributed by atoms with Crippen LogP contribution in [0.1, 0.15) is 11.3 Å². The number of benzene rings is 1. The topological polar surface area (TPSA) is 80.6 Å². The number of fused-ring (bicyclic) bond motifs is 1.